The Balaban J connectivity index is 2.27. The van der Waals surface area contributed by atoms with Gasteiger partial charge < -0.3 is 10.5 Å². The Bertz CT molecular complexity index is 618. The van der Waals surface area contributed by atoms with Crippen molar-refractivity contribution in [2.24, 2.45) is 5.73 Å². The zero-order valence-electron chi connectivity index (χ0n) is 10.3. The summed E-state index contributed by atoms with van der Waals surface area (Å²) in [5, 5.41) is 8.89. The van der Waals surface area contributed by atoms with Gasteiger partial charge in [0.1, 0.15) is 23.2 Å². The summed E-state index contributed by atoms with van der Waals surface area (Å²) in [5.41, 5.74) is 6.44. The van der Waals surface area contributed by atoms with Crippen LogP contribution in [0.4, 0.5) is 4.39 Å². The van der Waals surface area contributed by atoms with E-state index >= 15 is 0 Å². The van der Waals surface area contributed by atoms with Crippen LogP contribution in [0.1, 0.15) is 24.1 Å². The van der Waals surface area contributed by atoms with E-state index < -0.39 is 5.82 Å². The van der Waals surface area contributed by atoms with Crippen LogP contribution in [0, 0.1) is 17.1 Å². The van der Waals surface area contributed by atoms with Crippen molar-refractivity contribution in [3.63, 3.8) is 0 Å². The maximum atomic E-state index is 13.4. The zero-order chi connectivity index (χ0) is 13.8. The number of pyridine rings is 1. The Morgan fingerprint density at radius 1 is 1.37 bits per heavy atom. The number of hydrogen-bond acceptors (Lipinski definition) is 4. The van der Waals surface area contributed by atoms with Gasteiger partial charge in [-0.25, -0.2) is 9.37 Å². The smallest absolute Gasteiger partial charge is 0.219 e. The maximum absolute atomic E-state index is 13.4. The molecule has 1 aromatic carbocycles. The summed E-state index contributed by atoms with van der Waals surface area (Å²) in [4.78, 5) is 4.07. The first kappa shape index (κ1) is 13.0. The van der Waals surface area contributed by atoms with Crippen LogP contribution in [0.25, 0.3) is 0 Å². The number of ether oxygens (including phenoxy) is 1. The highest BCUT2D eigenvalue weighted by molar-refractivity contribution is 5.45. The van der Waals surface area contributed by atoms with E-state index in [1.165, 1.54) is 18.2 Å². The molecule has 1 atom stereocenters. The van der Waals surface area contributed by atoms with Crippen LogP contribution in [-0.2, 0) is 0 Å². The van der Waals surface area contributed by atoms with Gasteiger partial charge >= 0.3 is 0 Å². The molecule has 19 heavy (non-hydrogen) atoms. The fourth-order valence-corrected chi connectivity index (χ4v) is 1.53. The Hall–Kier alpha value is -2.45. The normalized spacial score (nSPS) is 11.7. The lowest BCUT2D eigenvalue weighted by atomic mass is 10.2. The lowest BCUT2D eigenvalue weighted by Crippen LogP contribution is -2.05. The van der Waals surface area contributed by atoms with Crippen LogP contribution in [0.3, 0.4) is 0 Å². The molecular weight excluding hydrogens is 245 g/mol. The summed E-state index contributed by atoms with van der Waals surface area (Å²) in [6.45, 7) is 1.85. The Morgan fingerprint density at radius 2 is 2.16 bits per heavy atom. The van der Waals surface area contributed by atoms with Gasteiger partial charge in [0.15, 0.2) is 0 Å². The fourth-order valence-electron chi connectivity index (χ4n) is 1.53. The van der Waals surface area contributed by atoms with E-state index in [1.807, 2.05) is 6.92 Å². The van der Waals surface area contributed by atoms with Gasteiger partial charge in [0.25, 0.3) is 0 Å². The van der Waals surface area contributed by atoms with E-state index in [2.05, 4.69) is 4.98 Å². The quantitative estimate of drug-likeness (QED) is 0.917. The molecule has 2 N–H and O–H groups in total. The summed E-state index contributed by atoms with van der Waals surface area (Å²) in [5.74, 6) is -0.192. The molecule has 0 saturated heterocycles. The Labute approximate surface area is 110 Å². The number of nitrogens with two attached hydrogens (primary N) is 1. The third-order valence-electron chi connectivity index (χ3n) is 2.59. The number of rotatable bonds is 3. The van der Waals surface area contributed by atoms with E-state index in [1.54, 1.807) is 24.4 Å². The predicted molar refractivity (Wildman–Crippen MR) is 68.0 cm³/mol. The molecule has 5 heteroatoms. The van der Waals surface area contributed by atoms with E-state index in [4.69, 9.17) is 15.7 Å². The van der Waals surface area contributed by atoms with Gasteiger partial charge in [0.2, 0.25) is 5.88 Å². The Morgan fingerprint density at radius 3 is 2.74 bits per heavy atom. The SMILES string of the molecule is CC(N)c1ccc(Oc2cccc(F)c2C#N)nc1. The number of halogens is 1. The summed E-state index contributed by atoms with van der Waals surface area (Å²) in [7, 11) is 0. The number of nitriles is 1. The summed E-state index contributed by atoms with van der Waals surface area (Å²) in [6, 6.07) is 9.25. The van der Waals surface area contributed by atoms with Gasteiger partial charge in [-0.15, -0.1) is 0 Å². The molecule has 1 unspecified atom stereocenters. The predicted octanol–water partition coefficient (Wildman–Crippen LogP) is 2.90. The molecule has 1 aromatic heterocycles. The minimum Gasteiger partial charge on any atom is -0.438 e. The van der Waals surface area contributed by atoms with E-state index in [-0.39, 0.29) is 23.2 Å². The molecule has 1 heterocycles. The average Bonchev–Trinajstić information content (AvgIpc) is 2.39. The number of benzene rings is 1. The maximum Gasteiger partial charge on any atom is 0.219 e. The minimum absolute atomic E-state index is 0.120. The molecule has 0 radical (unpaired) electrons. The lowest BCUT2D eigenvalue weighted by molar-refractivity contribution is 0.455. The van der Waals surface area contributed by atoms with Crippen LogP contribution in [-0.4, -0.2) is 4.98 Å². The molecule has 0 saturated carbocycles. The van der Waals surface area contributed by atoms with E-state index in [0.29, 0.717) is 0 Å². The highest BCUT2D eigenvalue weighted by atomic mass is 19.1. The van der Waals surface area contributed by atoms with Gasteiger partial charge in [-0.3, -0.25) is 0 Å². The first-order valence-electron chi connectivity index (χ1n) is 5.70. The Kier molecular flexibility index (Phi) is 3.74. The molecule has 0 bridgehead atoms. The molecule has 0 amide bonds. The molecule has 0 aliphatic rings. The second-order valence-corrected chi connectivity index (χ2v) is 4.05. The van der Waals surface area contributed by atoms with E-state index in [0.717, 1.165) is 5.56 Å². The van der Waals surface area contributed by atoms with Crippen molar-refractivity contribution in [2.75, 3.05) is 0 Å². The number of hydrogen-bond donors (Lipinski definition) is 1. The van der Waals surface area contributed by atoms with Crippen LogP contribution >= 0.6 is 0 Å². The molecule has 0 aliphatic carbocycles. The van der Waals surface area contributed by atoms with Crippen LogP contribution in [0.15, 0.2) is 36.5 Å². The van der Waals surface area contributed by atoms with Crippen molar-refractivity contribution < 1.29 is 9.13 Å². The molecule has 0 aliphatic heterocycles. The van der Waals surface area contributed by atoms with Crippen molar-refractivity contribution in [3.05, 3.63) is 53.5 Å². The highest BCUT2D eigenvalue weighted by Crippen LogP contribution is 2.25. The molecule has 0 spiro atoms. The van der Waals surface area contributed by atoms with Crippen LogP contribution < -0.4 is 10.5 Å². The molecular formula is C14H12FN3O. The monoisotopic (exact) mass is 257 g/mol. The van der Waals surface area contributed by atoms with Crippen LogP contribution in [0.5, 0.6) is 11.6 Å². The second-order valence-electron chi connectivity index (χ2n) is 4.05. The van der Waals surface area contributed by atoms with Crippen molar-refractivity contribution in [3.8, 4) is 17.7 Å². The summed E-state index contributed by atoms with van der Waals surface area (Å²) in [6.07, 6.45) is 1.59. The third-order valence-corrected chi connectivity index (χ3v) is 2.59. The van der Waals surface area contributed by atoms with Crippen LogP contribution in [0.2, 0.25) is 0 Å². The fraction of sp³-hybridized carbons (Fsp3) is 0.143. The topological polar surface area (TPSA) is 71.9 Å². The molecule has 2 rings (SSSR count). The third kappa shape index (κ3) is 2.87. The van der Waals surface area contributed by atoms with Crippen molar-refractivity contribution in [1.82, 2.24) is 4.98 Å². The largest absolute Gasteiger partial charge is 0.438 e. The van der Waals surface area contributed by atoms with Gasteiger partial charge in [-0.2, -0.15) is 5.26 Å². The first-order valence-corrected chi connectivity index (χ1v) is 5.70. The number of aromatic nitrogens is 1. The zero-order valence-corrected chi connectivity index (χ0v) is 10.3. The molecule has 0 fully saturated rings. The molecule has 96 valence electrons. The lowest BCUT2D eigenvalue weighted by Gasteiger charge is -2.08. The summed E-state index contributed by atoms with van der Waals surface area (Å²) < 4.78 is 18.8. The van der Waals surface area contributed by atoms with Gasteiger partial charge in [0, 0.05) is 18.3 Å². The van der Waals surface area contributed by atoms with Gasteiger partial charge in [0.05, 0.1) is 0 Å². The van der Waals surface area contributed by atoms with E-state index in [9.17, 15) is 4.39 Å². The standard InChI is InChI=1S/C14H12FN3O/c1-9(17)10-5-6-14(18-8-10)19-13-4-2-3-12(15)11(13)7-16/h2-6,8-9H,17H2,1H3. The van der Waals surface area contributed by atoms with Gasteiger partial charge in [-0.1, -0.05) is 12.1 Å². The van der Waals surface area contributed by atoms with Gasteiger partial charge in [-0.05, 0) is 24.6 Å². The number of nitrogens with zero attached hydrogens (tertiary/aromatic N) is 2. The molecule has 2 aromatic rings. The van der Waals surface area contributed by atoms with Crippen molar-refractivity contribution in [1.29, 1.82) is 5.26 Å². The minimum atomic E-state index is -0.618. The highest BCUT2D eigenvalue weighted by Gasteiger charge is 2.10. The summed E-state index contributed by atoms with van der Waals surface area (Å²) >= 11 is 0. The first-order chi connectivity index (χ1) is 9.11. The van der Waals surface area contributed by atoms with Crippen molar-refractivity contribution in [2.45, 2.75) is 13.0 Å². The average molecular weight is 257 g/mol. The second kappa shape index (κ2) is 5.46. The molecule has 4 nitrogen and oxygen atoms in total. The van der Waals surface area contributed by atoms with Crippen molar-refractivity contribution >= 4 is 0 Å².